The van der Waals surface area contributed by atoms with Crippen molar-refractivity contribution >= 4 is 40.2 Å². The number of amides is 1. The summed E-state index contributed by atoms with van der Waals surface area (Å²) in [4.78, 5) is 20.4. The van der Waals surface area contributed by atoms with Crippen LogP contribution in [0, 0.1) is 5.92 Å². The van der Waals surface area contributed by atoms with Crippen molar-refractivity contribution in [2.75, 3.05) is 23.3 Å². The number of rotatable bonds is 5. The zero-order chi connectivity index (χ0) is 22.6. The van der Waals surface area contributed by atoms with Gasteiger partial charge in [-0.1, -0.05) is 55.8 Å². The lowest BCUT2D eigenvalue weighted by Crippen LogP contribution is -2.25. The number of fused-ring (bicyclic) bond motifs is 1. The largest absolute Gasteiger partial charge is 0.357 e. The molecule has 0 bridgehead atoms. The third kappa shape index (κ3) is 5.16. The molecule has 0 atom stereocenters. The Labute approximate surface area is 200 Å². The molecule has 3 aromatic rings. The normalized spacial score (nSPS) is 17.8. The number of hydrogen-bond acceptors (Lipinski definition) is 4. The number of anilines is 2. The number of benzene rings is 1. The fourth-order valence-electron chi connectivity index (χ4n) is 5.07. The van der Waals surface area contributed by atoms with Crippen LogP contribution < -0.4 is 10.2 Å². The van der Waals surface area contributed by atoms with Crippen molar-refractivity contribution in [3.05, 3.63) is 47.0 Å². The number of aromatic nitrogens is 3. The van der Waals surface area contributed by atoms with Gasteiger partial charge in [-0.25, -0.2) is 9.67 Å². The van der Waals surface area contributed by atoms with E-state index < -0.39 is 0 Å². The smallest absolute Gasteiger partial charge is 0.228 e. The summed E-state index contributed by atoms with van der Waals surface area (Å²) in [5, 5.41) is 9.56. The van der Waals surface area contributed by atoms with Crippen molar-refractivity contribution in [2.45, 2.75) is 64.3 Å². The lowest BCUT2D eigenvalue weighted by atomic mass is 9.89. The number of carbonyl (C=O) groups is 1. The van der Waals surface area contributed by atoms with Crippen molar-refractivity contribution in [3.8, 4) is 0 Å². The molecule has 1 N–H and O–H groups in total. The summed E-state index contributed by atoms with van der Waals surface area (Å²) in [7, 11) is 0. The predicted octanol–water partition coefficient (Wildman–Crippen LogP) is 6.03. The lowest BCUT2D eigenvalue weighted by molar-refractivity contribution is -0.120. The Balaban J connectivity index is 1.48. The Hall–Kier alpha value is -2.60. The summed E-state index contributed by atoms with van der Waals surface area (Å²) >= 11 is 6.08. The Morgan fingerprint density at radius 2 is 1.64 bits per heavy atom. The van der Waals surface area contributed by atoms with Gasteiger partial charge >= 0.3 is 0 Å². The number of hydrogen-bond donors (Lipinski definition) is 1. The number of pyridine rings is 1. The first-order valence-electron chi connectivity index (χ1n) is 12.4. The maximum absolute atomic E-state index is 13.0. The van der Waals surface area contributed by atoms with Gasteiger partial charge < -0.3 is 10.2 Å². The molecule has 1 amide bonds. The fourth-order valence-corrected chi connectivity index (χ4v) is 5.19. The van der Waals surface area contributed by atoms with Crippen molar-refractivity contribution in [1.82, 2.24) is 14.8 Å². The second-order valence-electron chi connectivity index (χ2n) is 9.40. The Bertz CT molecular complexity index is 1100. The van der Waals surface area contributed by atoms with Gasteiger partial charge in [-0.3, -0.25) is 4.79 Å². The van der Waals surface area contributed by atoms with Crippen molar-refractivity contribution < 1.29 is 4.79 Å². The summed E-state index contributed by atoms with van der Waals surface area (Å²) in [5.41, 5.74) is 1.90. The van der Waals surface area contributed by atoms with E-state index in [1.165, 1.54) is 32.1 Å². The van der Waals surface area contributed by atoms with Gasteiger partial charge in [-0.2, -0.15) is 5.10 Å². The summed E-state index contributed by atoms with van der Waals surface area (Å²) in [6.45, 7) is 2.65. The van der Waals surface area contributed by atoms with Crippen LogP contribution >= 0.6 is 11.6 Å². The molecule has 0 spiro atoms. The molecule has 5 rings (SSSR count). The molecule has 3 heterocycles. The van der Waals surface area contributed by atoms with Crippen molar-refractivity contribution in [3.63, 3.8) is 0 Å². The predicted molar refractivity (Wildman–Crippen MR) is 134 cm³/mol. The fraction of sp³-hybridized carbons (Fsp3) is 0.500. The van der Waals surface area contributed by atoms with Gasteiger partial charge in [0, 0.05) is 24.0 Å². The van der Waals surface area contributed by atoms with Gasteiger partial charge in [-0.15, -0.1) is 0 Å². The summed E-state index contributed by atoms with van der Waals surface area (Å²) in [5.74, 6) is 1.78. The Morgan fingerprint density at radius 3 is 2.36 bits per heavy atom. The lowest BCUT2D eigenvalue weighted by Gasteiger charge is -2.21. The third-order valence-electron chi connectivity index (χ3n) is 6.97. The highest BCUT2D eigenvalue weighted by molar-refractivity contribution is 6.30. The monoisotopic (exact) mass is 465 g/mol. The van der Waals surface area contributed by atoms with E-state index in [1.54, 1.807) is 0 Å². The van der Waals surface area contributed by atoms with Crippen LogP contribution in [0.2, 0.25) is 5.02 Å². The van der Waals surface area contributed by atoms with Gasteiger partial charge in [-0.05, 0) is 55.5 Å². The van der Waals surface area contributed by atoms with E-state index in [0.29, 0.717) is 17.4 Å². The first-order valence-corrected chi connectivity index (χ1v) is 12.7. The van der Waals surface area contributed by atoms with E-state index in [2.05, 4.69) is 22.3 Å². The summed E-state index contributed by atoms with van der Waals surface area (Å²) < 4.78 is 1.91. The van der Waals surface area contributed by atoms with Crippen LogP contribution in [-0.4, -0.2) is 33.8 Å². The molecule has 2 aromatic heterocycles. The molecule has 0 unspecified atom stereocenters. The Kier molecular flexibility index (Phi) is 6.81. The molecule has 1 aromatic carbocycles. The zero-order valence-corrected chi connectivity index (χ0v) is 19.9. The van der Waals surface area contributed by atoms with Crippen LogP contribution in [0.5, 0.6) is 0 Å². The number of nitrogens with one attached hydrogen (secondary N) is 1. The number of nitrogens with zero attached hydrogens (tertiary/aromatic N) is 4. The topological polar surface area (TPSA) is 63.1 Å². The molecule has 2 fully saturated rings. The van der Waals surface area contributed by atoms with Crippen LogP contribution in [0.1, 0.15) is 63.4 Å². The van der Waals surface area contributed by atoms with Gasteiger partial charge in [0.1, 0.15) is 5.82 Å². The third-order valence-corrected chi connectivity index (χ3v) is 7.23. The molecule has 1 saturated heterocycles. The molecule has 7 heteroatoms. The molecule has 1 saturated carbocycles. The minimum Gasteiger partial charge on any atom is -0.357 e. The van der Waals surface area contributed by atoms with Gasteiger partial charge in [0.2, 0.25) is 5.91 Å². The first-order chi connectivity index (χ1) is 16.2. The highest BCUT2D eigenvalue weighted by Gasteiger charge is 2.24. The van der Waals surface area contributed by atoms with Gasteiger partial charge in [0.15, 0.2) is 11.5 Å². The van der Waals surface area contributed by atoms with E-state index in [9.17, 15) is 4.79 Å². The maximum atomic E-state index is 13.0. The quantitative estimate of drug-likeness (QED) is 0.499. The molecule has 2 aliphatic rings. The molecule has 6 nitrogen and oxygen atoms in total. The molecular formula is C26H32ClN5O. The van der Waals surface area contributed by atoms with E-state index >= 15 is 0 Å². The van der Waals surface area contributed by atoms with Crippen LogP contribution in [0.15, 0.2) is 36.4 Å². The molecule has 1 aliphatic heterocycles. The first kappa shape index (κ1) is 22.2. The summed E-state index contributed by atoms with van der Waals surface area (Å²) in [6, 6.07) is 12.0. The number of carbonyl (C=O) groups excluding carboxylic acids is 1. The standard InChI is InChI=1S/C26H32ClN5O/c27-21-12-10-19(11-13-21)18-32-25-22(14-15-23(28-25)31-16-6-1-2-7-17-31)24(30-32)29-26(33)20-8-4-3-5-9-20/h10-15,20H,1-9,16-18H2,(H,29,30,33). The maximum Gasteiger partial charge on any atom is 0.228 e. The highest BCUT2D eigenvalue weighted by Crippen LogP contribution is 2.29. The van der Waals surface area contributed by atoms with Crippen LogP contribution in [-0.2, 0) is 11.3 Å². The molecule has 174 valence electrons. The zero-order valence-electron chi connectivity index (χ0n) is 19.1. The Morgan fingerprint density at radius 1 is 0.939 bits per heavy atom. The highest BCUT2D eigenvalue weighted by atomic mass is 35.5. The molecular weight excluding hydrogens is 434 g/mol. The second-order valence-corrected chi connectivity index (χ2v) is 9.84. The van der Waals surface area contributed by atoms with Crippen LogP contribution in [0.25, 0.3) is 11.0 Å². The SMILES string of the molecule is O=C(Nc1nn(Cc2ccc(Cl)cc2)c2nc(N3CCCCCC3)ccc12)C1CCCCC1. The molecule has 0 radical (unpaired) electrons. The van der Waals surface area contributed by atoms with E-state index in [0.717, 1.165) is 61.2 Å². The van der Waals surface area contributed by atoms with E-state index in [-0.39, 0.29) is 11.8 Å². The summed E-state index contributed by atoms with van der Waals surface area (Å²) in [6.07, 6.45) is 10.4. The second kappa shape index (κ2) is 10.1. The molecule has 1 aliphatic carbocycles. The number of halogens is 1. The molecule has 33 heavy (non-hydrogen) atoms. The van der Waals surface area contributed by atoms with E-state index in [4.69, 9.17) is 21.7 Å². The average Bonchev–Trinajstić information content (AvgIpc) is 3.01. The minimum absolute atomic E-state index is 0.0829. The van der Waals surface area contributed by atoms with Crippen molar-refractivity contribution in [1.29, 1.82) is 0 Å². The average molecular weight is 466 g/mol. The van der Waals surface area contributed by atoms with Crippen LogP contribution in [0.4, 0.5) is 11.6 Å². The van der Waals surface area contributed by atoms with Crippen molar-refractivity contribution in [2.24, 2.45) is 5.92 Å². The minimum atomic E-state index is 0.0829. The van der Waals surface area contributed by atoms with Crippen LogP contribution in [0.3, 0.4) is 0 Å². The van der Waals surface area contributed by atoms with Gasteiger partial charge in [0.25, 0.3) is 0 Å². The van der Waals surface area contributed by atoms with E-state index in [1.807, 2.05) is 28.9 Å². The van der Waals surface area contributed by atoms with Gasteiger partial charge in [0.05, 0.1) is 11.9 Å².